The summed E-state index contributed by atoms with van der Waals surface area (Å²) in [5.74, 6) is 1.34. The Morgan fingerprint density at radius 2 is 2.19 bits per heavy atom. The lowest BCUT2D eigenvalue weighted by Gasteiger charge is -2.04. The van der Waals surface area contributed by atoms with Crippen LogP contribution in [-0.2, 0) is 6.42 Å². The predicted octanol–water partition coefficient (Wildman–Crippen LogP) is 3.03. The molecule has 0 amide bonds. The zero-order chi connectivity index (χ0) is 11.4. The van der Waals surface area contributed by atoms with Crippen LogP contribution in [0.15, 0.2) is 30.3 Å². The molecule has 3 nitrogen and oxygen atoms in total. The summed E-state index contributed by atoms with van der Waals surface area (Å²) in [7, 11) is 0. The van der Waals surface area contributed by atoms with Gasteiger partial charge in [0.15, 0.2) is 0 Å². The second-order valence-corrected chi connectivity index (χ2v) is 5.13. The lowest BCUT2D eigenvalue weighted by molar-refractivity contribution is 1.03. The lowest BCUT2D eigenvalue weighted by Crippen LogP contribution is -2.06. The van der Waals surface area contributed by atoms with Crippen molar-refractivity contribution >= 4 is 34.6 Å². The normalized spacial score (nSPS) is 10.3. The molecule has 0 aliphatic carbocycles. The van der Waals surface area contributed by atoms with E-state index in [-0.39, 0.29) is 0 Å². The standard InChI is InChI=1S/C11H12ClN3S/c12-9-5-4-8(16-9)6-7-14-11-3-1-2-10(13)15-11/h1-5H,6-7H2,(H3,13,14,15). The van der Waals surface area contributed by atoms with Crippen molar-refractivity contribution in [1.82, 2.24) is 4.98 Å². The molecule has 0 aromatic carbocycles. The molecule has 2 heterocycles. The Bertz CT molecular complexity index is 470. The second-order valence-electron chi connectivity index (χ2n) is 3.33. The zero-order valence-electron chi connectivity index (χ0n) is 8.61. The molecule has 5 heteroatoms. The molecule has 0 atom stereocenters. The number of rotatable bonds is 4. The molecule has 84 valence electrons. The first-order valence-electron chi connectivity index (χ1n) is 4.94. The number of nitrogen functional groups attached to an aromatic ring is 1. The highest BCUT2D eigenvalue weighted by atomic mass is 35.5. The second kappa shape index (κ2) is 5.18. The topological polar surface area (TPSA) is 50.9 Å². The average molecular weight is 254 g/mol. The molecule has 16 heavy (non-hydrogen) atoms. The molecule has 0 radical (unpaired) electrons. The number of halogens is 1. The zero-order valence-corrected chi connectivity index (χ0v) is 10.2. The van der Waals surface area contributed by atoms with Gasteiger partial charge in [0.1, 0.15) is 11.6 Å². The van der Waals surface area contributed by atoms with E-state index in [1.165, 1.54) is 4.88 Å². The number of nitrogens with zero attached hydrogens (tertiary/aromatic N) is 1. The maximum Gasteiger partial charge on any atom is 0.128 e. The van der Waals surface area contributed by atoms with Crippen molar-refractivity contribution in [2.24, 2.45) is 0 Å². The number of hydrogen-bond donors (Lipinski definition) is 2. The maximum atomic E-state index is 5.85. The fourth-order valence-corrected chi connectivity index (χ4v) is 2.44. The summed E-state index contributed by atoms with van der Waals surface area (Å²) < 4.78 is 0.831. The molecule has 0 fully saturated rings. The fourth-order valence-electron chi connectivity index (χ4n) is 1.35. The van der Waals surface area contributed by atoms with Gasteiger partial charge in [0.25, 0.3) is 0 Å². The number of aromatic nitrogens is 1. The van der Waals surface area contributed by atoms with E-state index in [0.717, 1.165) is 23.1 Å². The van der Waals surface area contributed by atoms with Crippen LogP contribution < -0.4 is 11.1 Å². The molecular formula is C11H12ClN3S. The molecule has 3 N–H and O–H groups in total. The number of pyridine rings is 1. The third kappa shape index (κ3) is 3.12. The molecule has 0 aliphatic heterocycles. The van der Waals surface area contributed by atoms with E-state index in [9.17, 15) is 0 Å². The first-order chi connectivity index (χ1) is 7.74. The minimum absolute atomic E-state index is 0.532. The van der Waals surface area contributed by atoms with Gasteiger partial charge in [-0.2, -0.15) is 0 Å². The summed E-state index contributed by atoms with van der Waals surface area (Å²) in [6.45, 7) is 0.827. The van der Waals surface area contributed by atoms with Crippen LogP contribution in [0.3, 0.4) is 0 Å². The summed E-state index contributed by atoms with van der Waals surface area (Å²) >= 11 is 7.45. The summed E-state index contributed by atoms with van der Waals surface area (Å²) in [5.41, 5.74) is 5.58. The van der Waals surface area contributed by atoms with Crippen molar-refractivity contribution in [2.45, 2.75) is 6.42 Å². The number of anilines is 2. The Hall–Kier alpha value is -1.26. The molecule has 0 saturated heterocycles. The van der Waals surface area contributed by atoms with E-state index >= 15 is 0 Å². The van der Waals surface area contributed by atoms with Gasteiger partial charge in [0.2, 0.25) is 0 Å². The molecule has 0 bridgehead atoms. The van der Waals surface area contributed by atoms with E-state index in [1.54, 1.807) is 17.4 Å². The van der Waals surface area contributed by atoms with Gasteiger partial charge >= 0.3 is 0 Å². The first kappa shape index (κ1) is 11.2. The van der Waals surface area contributed by atoms with Gasteiger partial charge in [-0.15, -0.1) is 11.3 Å². The average Bonchev–Trinajstić information content (AvgIpc) is 2.64. The van der Waals surface area contributed by atoms with Gasteiger partial charge in [-0.25, -0.2) is 4.98 Å². The maximum absolute atomic E-state index is 5.85. The van der Waals surface area contributed by atoms with E-state index in [4.69, 9.17) is 17.3 Å². The van der Waals surface area contributed by atoms with E-state index in [2.05, 4.69) is 10.3 Å². The van der Waals surface area contributed by atoms with Crippen molar-refractivity contribution in [3.05, 3.63) is 39.5 Å². The predicted molar refractivity (Wildman–Crippen MR) is 70.2 cm³/mol. The fraction of sp³-hybridized carbons (Fsp3) is 0.182. The van der Waals surface area contributed by atoms with E-state index < -0.39 is 0 Å². The summed E-state index contributed by atoms with van der Waals surface area (Å²) in [6.07, 6.45) is 0.938. The minimum Gasteiger partial charge on any atom is -0.384 e. The van der Waals surface area contributed by atoms with Crippen LogP contribution in [0.4, 0.5) is 11.6 Å². The Morgan fingerprint density at radius 3 is 2.88 bits per heavy atom. The van der Waals surface area contributed by atoms with Crippen LogP contribution in [-0.4, -0.2) is 11.5 Å². The quantitative estimate of drug-likeness (QED) is 0.881. The molecule has 0 spiro atoms. The van der Waals surface area contributed by atoms with Gasteiger partial charge < -0.3 is 11.1 Å². The largest absolute Gasteiger partial charge is 0.384 e. The summed E-state index contributed by atoms with van der Waals surface area (Å²) in [5, 5.41) is 3.22. The molecule has 2 aromatic rings. The van der Waals surface area contributed by atoms with Crippen molar-refractivity contribution in [3.63, 3.8) is 0 Å². The summed E-state index contributed by atoms with van der Waals surface area (Å²) in [6, 6.07) is 9.51. The number of thiophene rings is 1. The highest BCUT2D eigenvalue weighted by molar-refractivity contribution is 7.16. The van der Waals surface area contributed by atoms with E-state index in [1.807, 2.05) is 24.3 Å². The number of nitrogens with one attached hydrogen (secondary N) is 1. The first-order valence-corrected chi connectivity index (χ1v) is 6.14. The third-order valence-corrected chi connectivity index (χ3v) is 3.37. The van der Waals surface area contributed by atoms with Gasteiger partial charge in [-0.3, -0.25) is 0 Å². The number of hydrogen-bond acceptors (Lipinski definition) is 4. The van der Waals surface area contributed by atoms with Gasteiger partial charge in [-0.05, 0) is 30.7 Å². The Morgan fingerprint density at radius 1 is 1.31 bits per heavy atom. The monoisotopic (exact) mass is 253 g/mol. The molecule has 0 saturated carbocycles. The van der Waals surface area contributed by atoms with Crippen LogP contribution in [0.5, 0.6) is 0 Å². The highest BCUT2D eigenvalue weighted by Gasteiger charge is 1.98. The van der Waals surface area contributed by atoms with Crippen LogP contribution in [0.2, 0.25) is 4.34 Å². The molecule has 2 rings (SSSR count). The van der Waals surface area contributed by atoms with E-state index in [0.29, 0.717) is 5.82 Å². The Balaban J connectivity index is 1.84. The minimum atomic E-state index is 0.532. The van der Waals surface area contributed by atoms with Crippen LogP contribution >= 0.6 is 22.9 Å². The molecular weight excluding hydrogens is 242 g/mol. The summed E-state index contributed by atoms with van der Waals surface area (Å²) in [4.78, 5) is 5.42. The Labute approximate surface area is 103 Å². The molecule has 0 aliphatic rings. The van der Waals surface area contributed by atoms with Gasteiger partial charge in [0.05, 0.1) is 4.34 Å². The Kier molecular flexibility index (Phi) is 3.64. The van der Waals surface area contributed by atoms with Gasteiger partial charge in [0, 0.05) is 11.4 Å². The van der Waals surface area contributed by atoms with Crippen molar-refractivity contribution < 1.29 is 0 Å². The van der Waals surface area contributed by atoms with Gasteiger partial charge in [-0.1, -0.05) is 17.7 Å². The smallest absolute Gasteiger partial charge is 0.128 e. The molecule has 2 aromatic heterocycles. The van der Waals surface area contributed by atoms with Crippen LogP contribution in [0, 0.1) is 0 Å². The van der Waals surface area contributed by atoms with Crippen LogP contribution in [0.25, 0.3) is 0 Å². The molecule has 0 unspecified atom stereocenters. The number of nitrogens with two attached hydrogens (primary N) is 1. The SMILES string of the molecule is Nc1cccc(NCCc2ccc(Cl)s2)n1. The third-order valence-electron chi connectivity index (χ3n) is 2.08. The lowest BCUT2D eigenvalue weighted by atomic mass is 10.3. The van der Waals surface area contributed by atoms with Crippen molar-refractivity contribution in [3.8, 4) is 0 Å². The van der Waals surface area contributed by atoms with Crippen molar-refractivity contribution in [2.75, 3.05) is 17.6 Å². The highest BCUT2D eigenvalue weighted by Crippen LogP contribution is 2.21. The van der Waals surface area contributed by atoms with Crippen LogP contribution in [0.1, 0.15) is 4.88 Å². The van der Waals surface area contributed by atoms with Crippen molar-refractivity contribution in [1.29, 1.82) is 0 Å².